The normalized spacial score (nSPS) is 16.7. The average Bonchev–Trinajstić information content (AvgIpc) is 2.95. The van der Waals surface area contributed by atoms with Gasteiger partial charge in [-0.25, -0.2) is 9.59 Å². The minimum absolute atomic E-state index is 0.0790. The minimum Gasteiger partial charge on any atom is -0.466 e. The summed E-state index contributed by atoms with van der Waals surface area (Å²) < 4.78 is 15.9. The van der Waals surface area contributed by atoms with E-state index < -0.39 is 11.2 Å². The van der Waals surface area contributed by atoms with E-state index in [1.165, 1.54) is 0 Å². The molecule has 0 aromatic rings. The molecular formula is C33H58N4O8. The van der Waals surface area contributed by atoms with Crippen LogP contribution >= 0.6 is 0 Å². The molecule has 2 aliphatic heterocycles. The van der Waals surface area contributed by atoms with E-state index in [1.54, 1.807) is 16.7 Å². The molecule has 0 spiro atoms. The maximum Gasteiger partial charge on any atom is 0.410 e. The topological polar surface area (TPSA) is 144 Å². The molecule has 12 nitrogen and oxygen atoms in total. The van der Waals surface area contributed by atoms with E-state index in [2.05, 4.69) is 10.6 Å². The van der Waals surface area contributed by atoms with Gasteiger partial charge in [0.05, 0.1) is 19.6 Å². The molecule has 0 saturated carbocycles. The Bertz CT molecular complexity index is 922. The lowest BCUT2D eigenvalue weighted by atomic mass is 9.84. The van der Waals surface area contributed by atoms with Crippen LogP contribution in [0.4, 0.5) is 9.59 Å². The van der Waals surface area contributed by atoms with Crippen molar-refractivity contribution >= 4 is 30.0 Å². The van der Waals surface area contributed by atoms with Crippen LogP contribution in [0.3, 0.4) is 0 Å². The van der Waals surface area contributed by atoms with Crippen LogP contribution in [0.1, 0.15) is 106 Å². The van der Waals surface area contributed by atoms with Gasteiger partial charge in [-0.3, -0.25) is 14.4 Å². The summed E-state index contributed by atoms with van der Waals surface area (Å²) in [4.78, 5) is 65.5. The largest absolute Gasteiger partial charge is 0.466 e. The van der Waals surface area contributed by atoms with Crippen molar-refractivity contribution in [2.24, 2.45) is 17.8 Å². The number of piperidine rings is 2. The molecule has 0 aliphatic carbocycles. The lowest BCUT2D eigenvalue weighted by Gasteiger charge is -2.34. The van der Waals surface area contributed by atoms with Gasteiger partial charge in [-0.2, -0.15) is 0 Å². The van der Waals surface area contributed by atoms with Gasteiger partial charge in [0.15, 0.2) is 0 Å². The standard InChI is InChI=1S/C33H58N4O8/c1-8-43-28(39)13-18-34-27(38)23-35-29(40)26(11-9-24-14-19-36(20-15-24)30(41)44-32(2,3)4)12-10-25-16-21-37(22-17-25)31(42)45-33(5,6)7/h24-26H,8-23H2,1-7H3,(H,34,38)(H,35,40). The van der Waals surface area contributed by atoms with E-state index in [1.807, 2.05) is 41.5 Å². The van der Waals surface area contributed by atoms with E-state index >= 15 is 0 Å². The summed E-state index contributed by atoms with van der Waals surface area (Å²) in [6, 6.07) is 0. The second kappa shape index (κ2) is 18.2. The zero-order valence-electron chi connectivity index (χ0n) is 28.7. The first-order valence-corrected chi connectivity index (χ1v) is 16.7. The van der Waals surface area contributed by atoms with Crippen LogP contribution in [0.15, 0.2) is 0 Å². The first kappa shape index (κ1) is 38.1. The molecule has 12 heteroatoms. The minimum atomic E-state index is -0.529. The molecule has 2 N–H and O–H groups in total. The van der Waals surface area contributed by atoms with Crippen molar-refractivity contribution in [2.45, 2.75) is 117 Å². The molecule has 0 radical (unpaired) electrons. The number of carbonyl (C=O) groups excluding carboxylic acids is 5. The summed E-state index contributed by atoms with van der Waals surface area (Å²) in [6.07, 6.45) is 6.09. The predicted octanol–water partition coefficient (Wildman–Crippen LogP) is 4.64. The first-order valence-electron chi connectivity index (χ1n) is 16.7. The smallest absolute Gasteiger partial charge is 0.410 e. The molecule has 0 atom stereocenters. The van der Waals surface area contributed by atoms with E-state index in [4.69, 9.17) is 14.2 Å². The SMILES string of the molecule is CCOC(=O)CCNC(=O)CNC(=O)C(CCC1CCN(C(=O)OC(C)(C)C)CC1)CCC1CCN(C(=O)OC(C)(C)C)CC1. The average molecular weight is 639 g/mol. The van der Waals surface area contributed by atoms with Crippen LogP contribution in [-0.2, 0) is 28.6 Å². The van der Waals surface area contributed by atoms with E-state index in [0.29, 0.717) is 50.9 Å². The number of hydrogen-bond donors (Lipinski definition) is 2. The molecular weight excluding hydrogens is 580 g/mol. The van der Waals surface area contributed by atoms with Gasteiger partial charge in [0.25, 0.3) is 0 Å². The Morgan fingerprint density at radius 3 is 1.58 bits per heavy atom. The molecule has 4 amide bonds. The first-order chi connectivity index (χ1) is 21.1. The Balaban J connectivity index is 1.87. The summed E-state index contributed by atoms with van der Waals surface area (Å²) in [7, 11) is 0. The maximum absolute atomic E-state index is 13.3. The predicted molar refractivity (Wildman–Crippen MR) is 170 cm³/mol. The third-order valence-electron chi connectivity index (χ3n) is 8.13. The van der Waals surface area contributed by atoms with Gasteiger partial charge >= 0.3 is 18.2 Å². The fourth-order valence-corrected chi connectivity index (χ4v) is 5.65. The maximum atomic E-state index is 13.3. The van der Waals surface area contributed by atoms with E-state index in [-0.39, 0.29) is 62.0 Å². The highest BCUT2D eigenvalue weighted by Crippen LogP contribution is 2.30. The van der Waals surface area contributed by atoms with Crippen LogP contribution in [0.2, 0.25) is 0 Å². The highest BCUT2D eigenvalue weighted by molar-refractivity contribution is 5.86. The van der Waals surface area contributed by atoms with Gasteiger partial charge in [-0.15, -0.1) is 0 Å². The van der Waals surface area contributed by atoms with Crippen LogP contribution in [0.25, 0.3) is 0 Å². The monoisotopic (exact) mass is 638 g/mol. The molecule has 0 aromatic heterocycles. The number of hydrogen-bond acceptors (Lipinski definition) is 8. The number of likely N-dealkylation sites (tertiary alicyclic amines) is 2. The lowest BCUT2D eigenvalue weighted by Crippen LogP contribution is -2.42. The Morgan fingerprint density at radius 1 is 0.733 bits per heavy atom. The van der Waals surface area contributed by atoms with E-state index in [0.717, 1.165) is 38.5 Å². The fourth-order valence-electron chi connectivity index (χ4n) is 5.65. The van der Waals surface area contributed by atoms with Crippen molar-refractivity contribution in [3.63, 3.8) is 0 Å². The summed E-state index contributed by atoms with van der Waals surface area (Å²) in [5.41, 5.74) is -1.06. The van der Waals surface area contributed by atoms with Crippen LogP contribution < -0.4 is 10.6 Å². The van der Waals surface area contributed by atoms with Gasteiger partial charge in [0, 0.05) is 38.6 Å². The molecule has 0 unspecified atom stereocenters. The quantitative estimate of drug-likeness (QED) is 0.219. The van der Waals surface area contributed by atoms with Crippen LogP contribution in [0.5, 0.6) is 0 Å². The zero-order chi connectivity index (χ0) is 33.6. The lowest BCUT2D eigenvalue weighted by molar-refractivity contribution is -0.143. The molecule has 2 saturated heterocycles. The van der Waals surface area contributed by atoms with Gasteiger partial charge in [0.2, 0.25) is 11.8 Å². The fraction of sp³-hybridized carbons (Fsp3) is 0.848. The molecule has 2 fully saturated rings. The van der Waals surface area contributed by atoms with Crippen molar-refractivity contribution in [1.82, 2.24) is 20.4 Å². The van der Waals surface area contributed by atoms with Gasteiger partial charge in [-0.1, -0.05) is 0 Å². The number of nitrogens with zero attached hydrogens (tertiary/aromatic N) is 2. The molecule has 2 aliphatic rings. The Hall–Kier alpha value is -3.05. The van der Waals surface area contributed by atoms with Gasteiger partial charge < -0.3 is 34.6 Å². The molecule has 258 valence electrons. The van der Waals surface area contributed by atoms with Crippen LogP contribution in [-0.4, -0.2) is 96.8 Å². The van der Waals surface area contributed by atoms with E-state index in [9.17, 15) is 24.0 Å². The molecule has 2 heterocycles. The van der Waals surface area contributed by atoms with Crippen molar-refractivity contribution in [3.8, 4) is 0 Å². The van der Waals surface area contributed by atoms with Crippen molar-refractivity contribution in [2.75, 3.05) is 45.9 Å². The van der Waals surface area contributed by atoms with Gasteiger partial charge in [0.1, 0.15) is 11.2 Å². The third kappa shape index (κ3) is 15.7. The molecule has 0 bridgehead atoms. The van der Waals surface area contributed by atoms with Crippen LogP contribution in [0, 0.1) is 17.8 Å². The van der Waals surface area contributed by atoms with Crippen molar-refractivity contribution < 1.29 is 38.2 Å². The number of nitrogens with one attached hydrogen (secondary N) is 2. The zero-order valence-corrected chi connectivity index (χ0v) is 28.7. The Kier molecular flexibility index (Phi) is 15.4. The van der Waals surface area contributed by atoms with Crippen molar-refractivity contribution in [3.05, 3.63) is 0 Å². The summed E-state index contributed by atoms with van der Waals surface area (Å²) in [5, 5.41) is 5.45. The highest BCUT2D eigenvalue weighted by atomic mass is 16.6. The number of ether oxygens (including phenoxy) is 3. The Labute approximate surface area is 269 Å². The number of amides is 4. The Morgan fingerprint density at radius 2 is 1.18 bits per heavy atom. The summed E-state index contributed by atoms with van der Waals surface area (Å²) in [6.45, 7) is 15.7. The highest BCUT2D eigenvalue weighted by Gasteiger charge is 2.30. The van der Waals surface area contributed by atoms with Gasteiger partial charge in [-0.05, 0) is 112 Å². The summed E-state index contributed by atoms with van der Waals surface area (Å²) >= 11 is 0. The molecule has 2 rings (SSSR count). The van der Waals surface area contributed by atoms with Crippen molar-refractivity contribution in [1.29, 1.82) is 0 Å². The molecule has 0 aromatic carbocycles. The third-order valence-corrected chi connectivity index (χ3v) is 8.13. The summed E-state index contributed by atoms with van der Waals surface area (Å²) in [5.74, 6) is -0.311. The second-order valence-electron chi connectivity index (χ2n) is 14.3. The molecule has 45 heavy (non-hydrogen) atoms. The number of esters is 1. The number of carbonyl (C=O) groups is 5. The number of rotatable bonds is 13. The second-order valence-corrected chi connectivity index (χ2v) is 14.3.